The van der Waals surface area contributed by atoms with E-state index in [9.17, 15) is 4.79 Å². The quantitative estimate of drug-likeness (QED) is 0.853. The van der Waals surface area contributed by atoms with Crippen molar-refractivity contribution >= 4 is 6.03 Å². The maximum atomic E-state index is 11.8. The second kappa shape index (κ2) is 7.31. The molecule has 0 spiro atoms. The van der Waals surface area contributed by atoms with Crippen LogP contribution in [0.2, 0.25) is 0 Å². The molecule has 0 aromatic carbocycles. The number of rotatable bonds is 5. The normalized spacial score (nSPS) is 17.7. The molecule has 2 N–H and O–H groups in total. The van der Waals surface area contributed by atoms with Gasteiger partial charge >= 0.3 is 6.03 Å². The summed E-state index contributed by atoms with van der Waals surface area (Å²) in [5.74, 6) is 1.62. The number of aryl methyl sites for hydroxylation is 1. The Labute approximate surface area is 119 Å². The summed E-state index contributed by atoms with van der Waals surface area (Å²) in [5.41, 5.74) is 0. The first-order valence-electron chi connectivity index (χ1n) is 7.06. The first kappa shape index (κ1) is 14.9. The van der Waals surface area contributed by atoms with E-state index in [-0.39, 0.29) is 12.1 Å². The lowest BCUT2D eigenvalue weighted by Gasteiger charge is -2.26. The molecule has 2 rings (SSSR count). The van der Waals surface area contributed by atoms with E-state index in [0.717, 1.165) is 44.4 Å². The molecule has 1 aromatic heterocycles. The molecule has 2 amide bonds. The SMILES string of the molecule is Cc1ccc([C@H](C)NC(=O)NCCN2CCOCC2)o1. The zero-order chi connectivity index (χ0) is 14.4. The molecule has 20 heavy (non-hydrogen) atoms. The van der Waals surface area contributed by atoms with Crippen LogP contribution in [-0.4, -0.2) is 50.3 Å². The molecule has 1 saturated heterocycles. The van der Waals surface area contributed by atoms with Gasteiger partial charge in [0.2, 0.25) is 0 Å². The highest BCUT2D eigenvalue weighted by molar-refractivity contribution is 5.74. The van der Waals surface area contributed by atoms with Crippen LogP contribution in [0, 0.1) is 6.92 Å². The second-order valence-electron chi connectivity index (χ2n) is 5.02. The zero-order valence-electron chi connectivity index (χ0n) is 12.1. The molecule has 6 nitrogen and oxygen atoms in total. The number of furan rings is 1. The monoisotopic (exact) mass is 281 g/mol. The lowest BCUT2D eigenvalue weighted by molar-refractivity contribution is 0.0387. The number of hydrogen-bond donors (Lipinski definition) is 2. The third-order valence-corrected chi connectivity index (χ3v) is 3.35. The maximum Gasteiger partial charge on any atom is 0.315 e. The van der Waals surface area contributed by atoms with Crippen molar-refractivity contribution in [2.75, 3.05) is 39.4 Å². The van der Waals surface area contributed by atoms with Crippen LogP contribution in [0.1, 0.15) is 24.5 Å². The first-order valence-corrected chi connectivity index (χ1v) is 7.06. The van der Waals surface area contributed by atoms with Crippen LogP contribution in [0.4, 0.5) is 4.79 Å². The van der Waals surface area contributed by atoms with Crippen molar-refractivity contribution in [2.24, 2.45) is 0 Å². The Kier molecular flexibility index (Phi) is 5.43. The average molecular weight is 281 g/mol. The van der Waals surface area contributed by atoms with Gasteiger partial charge in [-0.3, -0.25) is 4.90 Å². The summed E-state index contributed by atoms with van der Waals surface area (Å²) < 4.78 is 10.8. The van der Waals surface area contributed by atoms with Crippen LogP contribution in [0.5, 0.6) is 0 Å². The van der Waals surface area contributed by atoms with Crippen molar-refractivity contribution in [1.82, 2.24) is 15.5 Å². The van der Waals surface area contributed by atoms with Crippen LogP contribution < -0.4 is 10.6 Å². The van der Waals surface area contributed by atoms with Crippen molar-refractivity contribution in [3.05, 3.63) is 23.7 Å². The van der Waals surface area contributed by atoms with Crippen LogP contribution in [0.25, 0.3) is 0 Å². The number of urea groups is 1. The number of ether oxygens (including phenoxy) is 1. The first-order chi connectivity index (χ1) is 9.65. The van der Waals surface area contributed by atoms with Gasteiger partial charge in [-0.2, -0.15) is 0 Å². The fourth-order valence-electron chi connectivity index (χ4n) is 2.16. The lowest BCUT2D eigenvalue weighted by atomic mass is 10.2. The molecular weight excluding hydrogens is 258 g/mol. The number of carbonyl (C=O) groups excluding carboxylic acids is 1. The summed E-state index contributed by atoms with van der Waals surface area (Å²) in [7, 11) is 0. The summed E-state index contributed by atoms with van der Waals surface area (Å²) in [4.78, 5) is 14.0. The predicted octanol–water partition coefficient (Wildman–Crippen LogP) is 1.28. The smallest absolute Gasteiger partial charge is 0.315 e. The number of hydrogen-bond acceptors (Lipinski definition) is 4. The van der Waals surface area contributed by atoms with E-state index in [2.05, 4.69) is 15.5 Å². The minimum Gasteiger partial charge on any atom is -0.464 e. The predicted molar refractivity (Wildman–Crippen MR) is 75.7 cm³/mol. The van der Waals surface area contributed by atoms with E-state index < -0.39 is 0 Å². The molecule has 0 bridgehead atoms. The summed E-state index contributed by atoms with van der Waals surface area (Å²) in [6, 6.07) is 3.48. The summed E-state index contributed by atoms with van der Waals surface area (Å²) >= 11 is 0. The molecule has 1 aliphatic rings. The molecule has 1 aliphatic heterocycles. The molecule has 2 heterocycles. The van der Waals surface area contributed by atoms with E-state index >= 15 is 0 Å². The van der Waals surface area contributed by atoms with Crippen LogP contribution in [-0.2, 0) is 4.74 Å². The Balaban J connectivity index is 1.64. The highest BCUT2D eigenvalue weighted by Crippen LogP contribution is 2.15. The van der Waals surface area contributed by atoms with Gasteiger partial charge in [-0.1, -0.05) is 0 Å². The van der Waals surface area contributed by atoms with Crippen molar-refractivity contribution in [3.8, 4) is 0 Å². The van der Waals surface area contributed by atoms with Gasteiger partial charge in [0.05, 0.1) is 19.3 Å². The van der Waals surface area contributed by atoms with Gasteiger partial charge in [-0.15, -0.1) is 0 Å². The van der Waals surface area contributed by atoms with Crippen molar-refractivity contribution < 1.29 is 13.9 Å². The van der Waals surface area contributed by atoms with Crippen LogP contribution >= 0.6 is 0 Å². The molecule has 0 unspecified atom stereocenters. The minimum absolute atomic E-state index is 0.132. The number of nitrogens with zero attached hydrogens (tertiary/aromatic N) is 1. The van der Waals surface area contributed by atoms with Crippen molar-refractivity contribution in [2.45, 2.75) is 19.9 Å². The summed E-state index contributed by atoms with van der Waals surface area (Å²) in [6.45, 7) is 8.71. The van der Waals surface area contributed by atoms with Gasteiger partial charge in [0.25, 0.3) is 0 Å². The van der Waals surface area contributed by atoms with E-state index in [1.54, 1.807) is 0 Å². The molecule has 1 aromatic rings. The largest absolute Gasteiger partial charge is 0.464 e. The van der Waals surface area contributed by atoms with Gasteiger partial charge in [-0.05, 0) is 26.0 Å². The molecular formula is C14H23N3O3. The number of nitrogens with one attached hydrogen (secondary N) is 2. The topological polar surface area (TPSA) is 66.7 Å². The third-order valence-electron chi connectivity index (χ3n) is 3.35. The van der Waals surface area contributed by atoms with Crippen molar-refractivity contribution in [1.29, 1.82) is 0 Å². The Hall–Kier alpha value is -1.53. The zero-order valence-corrected chi connectivity index (χ0v) is 12.1. The highest BCUT2D eigenvalue weighted by atomic mass is 16.5. The molecule has 6 heteroatoms. The van der Waals surface area contributed by atoms with Gasteiger partial charge in [-0.25, -0.2) is 4.79 Å². The second-order valence-corrected chi connectivity index (χ2v) is 5.02. The van der Waals surface area contributed by atoms with Gasteiger partial charge < -0.3 is 19.8 Å². The minimum atomic E-state index is -0.167. The molecule has 1 fully saturated rings. The maximum absolute atomic E-state index is 11.8. The van der Waals surface area contributed by atoms with E-state index in [4.69, 9.17) is 9.15 Å². The fourth-order valence-corrected chi connectivity index (χ4v) is 2.16. The molecule has 1 atom stereocenters. The van der Waals surface area contributed by atoms with E-state index in [0.29, 0.717) is 6.54 Å². The molecule has 0 radical (unpaired) electrons. The molecule has 112 valence electrons. The van der Waals surface area contributed by atoms with Crippen LogP contribution in [0.15, 0.2) is 16.5 Å². The Morgan fingerprint density at radius 3 is 2.80 bits per heavy atom. The Morgan fingerprint density at radius 2 is 2.15 bits per heavy atom. The lowest BCUT2D eigenvalue weighted by Crippen LogP contribution is -2.44. The van der Waals surface area contributed by atoms with Gasteiger partial charge in [0.15, 0.2) is 0 Å². The van der Waals surface area contributed by atoms with Gasteiger partial charge in [0.1, 0.15) is 11.5 Å². The van der Waals surface area contributed by atoms with Crippen LogP contribution in [0.3, 0.4) is 0 Å². The summed E-state index contributed by atoms with van der Waals surface area (Å²) in [5, 5.41) is 5.72. The standard InChI is InChI=1S/C14H23N3O3/c1-11-3-4-13(20-11)12(2)16-14(18)15-5-6-17-7-9-19-10-8-17/h3-4,12H,5-10H2,1-2H3,(H2,15,16,18)/t12-/m0/s1. The van der Waals surface area contributed by atoms with Crippen molar-refractivity contribution in [3.63, 3.8) is 0 Å². The number of morpholine rings is 1. The fraction of sp³-hybridized carbons (Fsp3) is 0.643. The summed E-state index contributed by atoms with van der Waals surface area (Å²) in [6.07, 6.45) is 0. The molecule has 0 aliphatic carbocycles. The van der Waals surface area contributed by atoms with E-state index in [1.807, 2.05) is 26.0 Å². The third kappa shape index (κ3) is 4.54. The van der Waals surface area contributed by atoms with Gasteiger partial charge in [0, 0.05) is 26.2 Å². The Morgan fingerprint density at radius 1 is 1.40 bits per heavy atom. The molecule has 0 saturated carbocycles. The number of carbonyl (C=O) groups is 1. The average Bonchev–Trinajstić information content (AvgIpc) is 2.87. The Bertz CT molecular complexity index is 427. The highest BCUT2D eigenvalue weighted by Gasteiger charge is 2.13. The van der Waals surface area contributed by atoms with E-state index in [1.165, 1.54) is 0 Å². The number of amides is 2.